The maximum atomic E-state index is 5.52. The van der Waals surface area contributed by atoms with Gasteiger partial charge in [-0.25, -0.2) is 4.99 Å². The molecule has 2 heterocycles. The van der Waals surface area contributed by atoms with E-state index in [9.17, 15) is 0 Å². The van der Waals surface area contributed by atoms with Gasteiger partial charge >= 0.3 is 0 Å². The average molecular weight is 400 g/mol. The van der Waals surface area contributed by atoms with Crippen molar-refractivity contribution in [1.82, 2.24) is 15.5 Å². The van der Waals surface area contributed by atoms with E-state index in [1.165, 1.54) is 49.9 Å². The number of hydrogen-bond acceptors (Lipinski definition) is 4. The Morgan fingerprint density at radius 2 is 1.90 bits per heavy atom. The van der Waals surface area contributed by atoms with Gasteiger partial charge in [0.15, 0.2) is 5.96 Å². The molecule has 0 aromatic heterocycles. The van der Waals surface area contributed by atoms with E-state index in [4.69, 9.17) is 9.73 Å². The summed E-state index contributed by atoms with van der Waals surface area (Å²) in [5.74, 6) is 0.947. The summed E-state index contributed by atoms with van der Waals surface area (Å²) in [6.45, 7) is 9.62. The summed E-state index contributed by atoms with van der Waals surface area (Å²) in [6.07, 6.45) is 6.81. The van der Waals surface area contributed by atoms with Crippen molar-refractivity contribution in [3.8, 4) is 0 Å². The Kier molecular flexibility index (Phi) is 7.28. The molecule has 3 aliphatic rings. The normalized spacial score (nSPS) is 24.2. The monoisotopic (exact) mass is 399 g/mol. The lowest BCUT2D eigenvalue weighted by Crippen LogP contribution is -2.45. The van der Waals surface area contributed by atoms with Crippen molar-refractivity contribution in [2.75, 3.05) is 50.8 Å². The highest BCUT2D eigenvalue weighted by atomic mass is 16.5. The molecule has 0 bridgehead atoms. The molecule has 1 saturated carbocycles. The molecule has 1 unspecified atom stereocenters. The smallest absolute Gasteiger partial charge is 0.191 e. The van der Waals surface area contributed by atoms with E-state index >= 15 is 0 Å². The Bertz CT molecular complexity index is 667. The lowest BCUT2D eigenvalue weighted by molar-refractivity contribution is 0.122. The summed E-state index contributed by atoms with van der Waals surface area (Å²) in [7, 11) is 0. The summed E-state index contributed by atoms with van der Waals surface area (Å²) in [5, 5.41) is 7.15. The van der Waals surface area contributed by atoms with Crippen molar-refractivity contribution >= 4 is 11.6 Å². The zero-order valence-corrected chi connectivity index (χ0v) is 17.9. The second kappa shape index (κ2) is 10.3. The van der Waals surface area contributed by atoms with E-state index in [1.54, 1.807) is 0 Å². The Labute approximate surface area is 175 Å². The number of ether oxygens (including phenoxy) is 1. The molecular weight excluding hydrogens is 362 g/mol. The van der Waals surface area contributed by atoms with Crippen LogP contribution in [0, 0.1) is 0 Å². The SMILES string of the molecule is CCNC(=NCc1ccccc1N1CCOCC1)NC1CCN(C2CCCC2)C1. The molecule has 0 amide bonds. The minimum Gasteiger partial charge on any atom is -0.378 e. The molecule has 3 fully saturated rings. The van der Waals surface area contributed by atoms with Gasteiger partial charge in [0.2, 0.25) is 0 Å². The molecule has 4 rings (SSSR count). The van der Waals surface area contributed by atoms with Crippen LogP contribution >= 0.6 is 0 Å². The Balaban J connectivity index is 1.37. The lowest BCUT2D eigenvalue weighted by atomic mass is 10.1. The number of nitrogens with one attached hydrogen (secondary N) is 2. The standard InChI is InChI=1S/C23H37N5O/c1-2-24-23(26-20-11-12-28(18-20)21-8-4-5-9-21)25-17-19-7-3-6-10-22(19)27-13-15-29-16-14-27/h3,6-7,10,20-21H,2,4-5,8-9,11-18H2,1H3,(H2,24,25,26). The van der Waals surface area contributed by atoms with Crippen molar-refractivity contribution in [2.45, 2.75) is 57.7 Å². The summed E-state index contributed by atoms with van der Waals surface area (Å²) in [5.41, 5.74) is 2.58. The number of benzene rings is 1. The third kappa shape index (κ3) is 5.43. The molecule has 0 radical (unpaired) electrons. The van der Waals surface area contributed by atoms with E-state index in [2.05, 4.69) is 51.6 Å². The number of anilines is 1. The van der Waals surface area contributed by atoms with Crippen LogP contribution in [0.25, 0.3) is 0 Å². The topological polar surface area (TPSA) is 52.1 Å². The first-order valence-electron chi connectivity index (χ1n) is 11.5. The van der Waals surface area contributed by atoms with Gasteiger partial charge in [-0.05, 0) is 37.8 Å². The number of likely N-dealkylation sites (tertiary alicyclic amines) is 1. The van der Waals surface area contributed by atoms with E-state index in [0.717, 1.165) is 51.4 Å². The number of rotatable bonds is 6. The molecule has 2 saturated heterocycles. The summed E-state index contributed by atoms with van der Waals surface area (Å²) in [6, 6.07) is 9.98. The van der Waals surface area contributed by atoms with Gasteiger partial charge in [-0.1, -0.05) is 31.0 Å². The van der Waals surface area contributed by atoms with E-state index in [-0.39, 0.29) is 0 Å². The molecule has 1 atom stereocenters. The first kappa shape index (κ1) is 20.5. The van der Waals surface area contributed by atoms with Crippen LogP contribution in [0.1, 0.15) is 44.6 Å². The van der Waals surface area contributed by atoms with Crippen LogP contribution in [0.5, 0.6) is 0 Å². The van der Waals surface area contributed by atoms with Crippen molar-refractivity contribution < 1.29 is 4.74 Å². The van der Waals surface area contributed by atoms with Crippen LogP contribution in [-0.4, -0.2) is 68.9 Å². The van der Waals surface area contributed by atoms with Crippen LogP contribution in [0.15, 0.2) is 29.3 Å². The van der Waals surface area contributed by atoms with Crippen LogP contribution in [-0.2, 0) is 11.3 Å². The zero-order chi connectivity index (χ0) is 19.9. The minimum atomic E-state index is 0.503. The minimum absolute atomic E-state index is 0.503. The number of morpholine rings is 1. The quantitative estimate of drug-likeness (QED) is 0.569. The zero-order valence-electron chi connectivity index (χ0n) is 17.9. The van der Waals surface area contributed by atoms with Gasteiger partial charge in [-0.3, -0.25) is 4.90 Å². The fourth-order valence-electron chi connectivity index (χ4n) is 4.94. The van der Waals surface area contributed by atoms with Gasteiger partial charge in [0.1, 0.15) is 0 Å². The van der Waals surface area contributed by atoms with Gasteiger partial charge in [-0.2, -0.15) is 0 Å². The van der Waals surface area contributed by atoms with E-state index < -0.39 is 0 Å². The van der Waals surface area contributed by atoms with Crippen LogP contribution < -0.4 is 15.5 Å². The largest absolute Gasteiger partial charge is 0.378 e. The molecule has 1 aliphatic carbocycles. The molecule has 6 heteroatoms. The third-order valence-corrected chi connectivity index (χ3v) is 6.50. The highest BCUT2D eigenvalue weighted by Crippen LogP contribution is 2.26. The van der Waals surface area contributed by atoms with Gasteiger partial charge in [0.05, 0.1) is 19.8 Å². The predicted molar refractivity (Wildman–Crippen MR) is 120 cm³/mol. The summed E-state index contributed by atoms with van der Waals surface area (Å²) >= 11 is 0. The number of nitrogens with zero attached hydrogens (tertiary/aromatic N) is 3. The highest BCUT2D eigenvalue weighted by Gasteiger charge is 2.30. The molecule has 160 valence electrons. The highest BCUT2D eigenvalue weighted by molar-refractivity contribution is 5.80. The second-order valence-corrected chi connectivity index (χ2v) is 8.49. The maximum Gasteiger partial charge on any atom is 0.191 e. The van der Waals surface area contributed by atoms with Crippen molar-refractivity contribution in [3.63, 3.8) is 0 Å². The predicted octanol–water partition coefficient (Wildman–Crippen LogP) is 2.60. The number of aliphatic imine (C=N–C) groups is 1. The molecular formula is C23H37N5O. The van der Waals surface area contributed by atoms with Crippen LogP contribution in [0.4, 0.5) is 5.69 Å². The Morgan fingerprint density at radius 1 is 1.10 bits per heavy atom. The van der Waals surface area contributed by atoms with Gasteiger partial charge in [0, 0.05) is 50.5 Å². The Morgan fingerprint density at radius 3 is 2.69 bits per heavy atom. The molecule has 2 N–H and O–H groups in total. The first-order chi connectivity index (χ1) is 14.3. The molecule has 29 heavy (non-hydrogen) atoms. The van der Waals surface area contributed by atoms with E-state index in [0.29, 0.717) is 12.6 Å². The van der Waals surface area contributed by atoms with Crippen molar-refractivity contribution in [1.29, 1.82) is 0 Å². The van der Waals surface area contributed by atoms with Crippen LogP contribution in [0.3, 0.4) is 0 Å². The molecule has 1 aromatic rings. The fourth-order valence-corrected chi connectivity index (χ4v) is 4.94. The fraction of sp³-hybridized carbons (Fsp3) is 0.696. The Hall–Kier alpha value is -1.79. The van der Waals surface area contributed by atoms with E-state index in [1.807, 2.05) is 0 Å². The third-order valence-electron chi connectivity index (χ3n) is 6.50. The van der Waals surface area contributed by atoms with Crippen LogP contribution in [0.2, 0.25) is 0 Å². The number of guanidine groups is 1. The van der Waals surface area contributed by atoms with Crippen molar-refractivity contribution in [3.05, 3.63) is 29.8 Å². The molecule has 6 nitrogen and oxygen atoms in total. The molecule has 1 aromatic carbocycles. The lowest BCUT2D eigenvalue weighted by Gasteiger charge is -2.30. The first-order valence-corrected chi connectivity index (χ1v) is 11.5. The maximum absolute atomic E-state index is 5.52. The molecule has 0 spiro atoms. The van der Waals surface area contributed by atoms with Crippen molar-refractivity contribution in [2.24, 2.45) is 4.99 Å². The van der Waals surface area contributed by atoms with Gasteiger partial charge < -0.3 is 20.3 Å². The molecule has 2 aliphatic heterocycles. The summed E-state index contributed by atoms with van der Waals surface area (Å²) in [4.78, 5) is 10.1. The van der Waals surface area contributed by atoms with Gasteiger partial charge in [-0.15, -0.1) is 0 Å². The summed E-state index contributed by atoms with van der Waals surface area (Å²) < 4.78 is 5.52. The average Bonchev–Trinajstić information content (AvgIpc) is 3.45. The second-order valence-electron chi connectivity index (χ2n) is 8.49. The number of para-hydroxylation sites is 1. The number of hydrogen-bond donors (Lipinski definition) is 2. The van der Waals surface area contributed by atoms with Gasteiger partial charge in [0.25, 0.3) is 0 Å².